The number of carbonyl (C=O) groups excluding carboxylic acids is 1. The van der Waals surface area contributed by atoms with Gasteiger partial charge < -0.3 is 4.90 Å². The van der Waals surface area contributed by atoms with Gasteiger partial charge in [-0.2, -0.15) is 0 Å². The molecule has 2 aromatic heterocycles. The summed E-state index contributed by atoms with van der Waals surface area (Å²) in [6.45, 7) is 6.75. The van der Waals surface area contributed by atoms with Crippen LogP contribution in [0.2, 0.25) is 0 Å². The maximum absolute atomic E-state index is 13.6. The van der Waals surface area contributed by atoms with Gasteiger partial charge in [-0.3, -0.25) is 19.1 Å². The Labute approximate surface area is 174 Å². The van der Waals surface area contributed by atoms with Crippen molar-refractivity contribution in [1.29, 1.82) is 0 Å². The van der Waals surface area contributed by atoms with Crippen molar-refractivity contribution < 1.29 is 4.79 Å². The summed E-state index contributed by atoms with van der Waals surface area (Å²) in [6.07, 6.45) is 2.00. The lowest BCUT2D eigenvalue weighted by atomic mass is 10.1. The van der Waals surface area contributed by atoms with Crippen molar-refractivity contribution in [2.24, 2.45) is 5.92 Å². The number of pyridine rings is 1. The normalized spacial score (nSPS) is 13.7. The number of anilines is 1. The highest BCUT2D eigenvalue weighted by atomic mass is 16.2. The number of fused-ring (bicyclic) bond motifs is 1. The zero-order valence-electron chi connectivity index (χ0n) is 17.5. The molecule has 1 aromatic carbocycles. The van der Waals surface area contributed by atoms with Crippen molar-refractivity contribution in [3.63, 3.8) is 0 Å². The summed E-state index contributed by atoms with van der Waals surface area (Å²) in [4.78, 5) is 47.7. The molecule has 0 saturated heterocycles. The lowest BCUT2D eigenvalue weighted by Gasteiger charge is -2.22. The molecule has 4 rings (SSSR count). The van der Waals surface area contributed by atoms with E-state index >= 15 is 0 Å². The third-order valence-electron chi connectivity index (χ3n) is 5.37. The minimum atomic E-state index is -0.572. The minimum absolute atomic E-state index is 0.179. The van der Waals surface area contributed by atoms with Crippen LogP contribution in [0.15, 0.2) is 46.0 Å². The Morgan fingerprint density at radius 1 is 1.23 bits per heavy atom. The molecule has 1 amide bonds. The number of hydrogen-bond acceptors (Lipinski definition) is 4. The van der Waals surface area contributed by atoms with Crippen LogP contribution < -0.4 is 16.1 Å². The van der Waals surface area contributed by atoms with Gasteiger partial charge in [-0.25, -0.2) is 9.78 Å². The predicted molar refractivity (Wildman–Crippen MR) is 117 cm³/mol. The Bertz CT molecular complexity index is 1210. The molecule has 1 aliphatic rings. The number of amides is 1. The number of carbonyl (C=O) groups is 1. The van der Waals surface area contributed by atoms with Crippen molar-refractivity contribution in [2.45, 2.75) is 46.1 Å². The zero-order chi connectivity index (χ0) is 21.4. The van der Waals surface area contributed by atoms with Crippen LogP contribution in [-0.2, 0) is 6.54 Å². The van der Waals surface area contributed by atoms with Crippen molar-refractivity contribution in [3.8, 4) is 0 Å². The fraction of sp³-hybridized carbons (Fsp3) is 0.391. The van der Waals surface area contributed by atoms with Crippen LogP contribution >= 0.6 is 0 Å². The monoisotopic (exact) mass is 406 g/mol. The second kappa shape index (κ2) is 7.89. The van der Waals surface area contributed by atoms with Gasteiger partial charge in [0.15, 0.2) is 5.65 Å². The number of hydrogen-bond donors (Lipinski definition) is 1. The predicted octanol–water partition coefficient (Wildman–Crippen LogP) is 3.28. The number of aromatic amines is 1. The Hall–Kier alpha value is -3.22. The van der Waals surface area contributed by atoms with E-state index in [0.29, 0.717) is 24.3 Å². The van der Waals surface area contributed by atoms with E-state index < -0.39 is 11.2 Å². The smallest absolute Gasteiger partial charge is 0.309 e. The topological polar surface area (TPSA) is 88.1 Å². The van der Waals surface area contributed by atoms with Gasteiger partial charge in [0.25, 0.3) is 11.5 Å². The van der Waals surface area contributed by atoms with E-state index in [-0.39, 0.29) is 23.1 Å². The van der Waals surface area contributed by atoms with Crippen molar-refractivity contribution in [2.75, 3.05) is 11.4 Å². The Kier molecular flexibility index (Phi) is 5.28. The molecule has 156 valence electrons. The molecule has 3 aromatic rings. The van der Waals surface area contributed by atoms with Gasteiger partial charge in [-0.1, -0.05) is 32.0 Å². The van der Waals surface area contributed by atoms with Gasteiger partial charge in [-0.15, -0.1) is 0 Å². The van der Waals surface area contributed by atoms with Gasteiger partial charge in [0, 0.05) is 30.4 Å². The largest absolute Gasteiger partial charge is 0.330 e. The first-order valence-electron chi connectivity index (χ1n) is 10.4. The summed E-state index contributed by atoms with van der Waals surface area (Å²) in [5.41, 5.74) is 1.07. The number of H-pyrrole nitrogens is 1. The highest BCUT2D eigenvalue weighted by molar-refractivity contribution is 6.13. The van der Waals surface area contributed by atoms with Gasteiger partial charge in [-0.05, 0) is 43.9 Å². The first-order valence-corrected chi connectivity index (χ1v) is 10.4. The molecule has 7 nitrogen and oxygen atoms in total. The minimum Gasteiger partial charge on any atom is -0.309 e. The first-order chi connectivity index (χ1) is 14.4. The number of benzene rings is 1. The van der Waals surface area contributed by atoms with Crippen molar-refractivity contribution in [3.05, 3.63) is 68.5 Å². The van der Waals surface area contributed by atoms with Crippen molar-refractivity contribution >= 4 is 22.6 Å². The maximum Gasteiger partial charge on any atom is 0.330 e. The molecule has 1 fully saturated rings. The van der Waals surface area contributed by atoms with Crippen LogP contribution in [0, 0.1) is 5.92 Å². The van der Waals surface area contributed by atoms with Crippen LogP contribution in [-0.4, -0.2) is 27.0 Å². The van der Waals surface area contributed by atoms with E-state index in [1.807, 2.05) is 51.1 Å². The maximum atomic E-state index is 13.6. The summed E-state index contributed by atoms with van der Waals surface area (Å²) in [5.74, 6) is 0.187. The molecule has 0 bridgehead atoms. The molecule has 2 heterocycles. The van der Waals surface area contributed by atoms with Crippen LogP contribution in [0.5, 0.6) is 0 Å². The van der Waals surface area contributed by atoms with E-state index in [1.54, 1.807) is 11.0 Å². The molecular weight excluding hydrogens is 380 g/mol. The highest BCUT2D eigenvalue weighted by Gasteiger charge is 2.30. The number of nitrogens with one attached hydrogen (secondary N) is 1. The lowest BCUT2D eigenvalue weighted by molar-refractivity contribution is 0.0989. The second-order valence-electron chi connectivity index (χ2n) is 8.22. The van der Waals surface area contributed by atoms with E-state index in [9.17, 15) is 14.4 Å². The summed E-state index contributed by atoms with van der Waals surface area (Å²) in [6, 6.07) is 11.1. The van der Waals surface area contributed by atoms with Crippen LogP contribution in [0.4, 0.5) is 5.69 Å². The standard InChI is InChI=1S/C23H26N4O3/c1-4-26(16-8-6-5-7-9-16)22(29)17-12-18(15-10-11-15)24-20-19(17)21(28)25-23(30)27(20)13-14(2)3/h5-9,12,14-15H,4,10-11,13H2,1-3H3,(H,25,28,30). The van der Waals surface area contributed by atoms with Gasteiger partial charge in [0.05, 0.1) is 10.9 Å². The van der Waals surface area contributed by atoms with Gasteiger partial charge >= 0.3 is 5.69 Å². The Morgan fingerprint density at radius 2 is 1.93 bits per heavy atom. The van der Waals surface area contributed by atoms with Gasteiger partial charge in [0.1, 0.15) is 0 Å². The Morgan fingerprint density at radius 3 is 2.53 bits per heavy atom. The molecule has 7 heteroatoms. The third kappa shape index (κ3) is 3.67. The van der Waals surface area contributed by atoms with Crippen LogP contribution in [0.3, 0.4) is 0 Å². The number of para-hydroxylation sites is 1. The number of rotatable bonds is 6. The zero-order valence-corrected chi connectivity index (χ0v) is 17.5. The average molecular weight is 406 g/mol. The quantitative estimate of drug-likeness (QED) is 0.680. The molecule has 0 atom stereocenters. The van der Waals surface area contributed by atoms with Gasteiger partial charge in [0.2, 0.25) is 0 Å². The lowest BCUT2D eigenvalue weighted by Crippen LogP contribution is -2.36. The summed E-state index contributed by atoms with van der Waals surface area (Å²) in [5, 5.41) is 0.180. The molecule has 0 aliphatic heterocycles. The van der Waals surface area contributed by atoms with Crippen LogP contribution in [0.1, 0.15) is 55.6 Å². The summed E-state index contributed by atoms with van der Waals surface area (Å²) >= 11 is 0. The molecule has 1 saturated carbocycles. The highest BCUT2D eigenvalue weighted by Crippen LogP contribution is 2.40. The van der Waals surface area contributed by atoms with Crippen LogP contribution in [0.25, 0.3) is 11.0 Å². The fourth-order valence-electron chi connectivity index (χ4n) is 3.78. The van der Waals surface area contributed by atoms with Crippen molar-refractivity contribution in [1.82, 2.24) is 14.5 Å². The SMILES string of the molecule is CCN(C(=O)c1cc(C2CC2)nc2c1c(=O)[nH]c(=O)n2CC(C)C)c1ccccc1. The molecule has 1 aliphatic carbocycles. The summed E-state index contributed by atoms with van der Waals surface area (Å²) < 4.78 is 1.49. The van der Waals surface area contributed by atoms with E-state index in [1.165, 1.54) is 4.57 Å². The molecule has 1 N–H and O–H groups in total. The van der Waals surface area contributed by atoms with E-state index in [4.69, 9.17) is 0 Å². The van der Waals surface area contributed by atoms with E-state index in [0.717, 1.165) is 24.2 Å². The fourth-order valence-corrected chi connectivity index (χ4v) is 3.78. The molecule has 0 radical (unpaired) electrons. The molecule has 0 unspecified atom stereocenters. The average Bonchev–Trinajstić information content (AvgIpc) is 3.56. The first kappa shape index (κ1) is 20.1. The second-order valence-corrected chi connectivity index (χ2v) is 8.22. The number of aromatic nitrogens is 3. The Balaban J connectivity index is 1.98. The molecule has 0 spiro atoms. The van der Waals surface area contributed by atoms with E-state index in [2.05, 4.69) is 9.97 Å². The third-order valence-corrected chi connectivity index (χ3v) is 5.37. The summed E-state index contributed by atoms with van der Waals surface area (Å²) in [7, 11) is 0. The molecular formula is C23H26N4O3. The molecule has 30 heavy (non-hydrogen) atoms. The number of nitrogens with zero attached hydrogens (tertiary/aromatic N) is 3.